The molecule has 0 bridgehead atoms. The van der Waals surface area contributed by atoms with Crippen LogP contribution in [0.5, 0.6) is 0 Å². The smallest absolute Gasteiger partial charge is 0.257 e. The van der Waals surface area contributed by atoms with Crippen molar-refractivity contribution in [2.45, 2.75) is 5.54 Å². The van der Waals surface area contributed by atoms with Crippen LogP contribution in [0.1, 0.15) is 15.9 Å². The summed E-state index contributed by atoms with van der Waals surface area (Å²) in [4.78, 5) is 21.6. The van der Waals surface area contributed by atoms with Gasteiger partial charge in [-0.25, -0.2) is 4.99 Å². The summed E-state index contributed by atoms with van der Waals surface area (Å²) < 4.78 is 0. The number of hydrogen-bond acceptors (Lipinski definition) is 5. The fraction of sp³-hybridized carbons (Fsp3) is 0.278. The van der Waals surface area contributed by atoms with Crippen molar-refractivity contribution in [3.63, 3.8) is 0 Å². The van der Waals surface area contributed by atoms with Gasteiger partial charge < -0.3 is 10.6 Å². The summed E-state index contributed by atoms with van der Waals surface area (Å²) in [5.41, 5.74) is 1.41. The molecule has 0 aliphatic carbocycles. The molecule has 4 rings (SSSR count). The summed E-state index contributed by atoms with van der Waals surface area (Å²) in [5, 5.41) is 7.10. The quantitative estimate of drug-likeness (QED) is 0.879. The highest BCUT2D eigenvalue weighted by molar-refractivity contribution is 8.13. The van der Waals surface area contributed by atoms with Crippen LogP contribution in [-0.4, -0.2) is 34.9 Å². The molecular weight excluding hydrogens is 320 g/mol. The lowest BCUT2D eigenvalue weighted by Gasteiger charge is -2.35. The van der Waals surface area contributed by atoms with Crippen molar-refractivity contribution in [3.8, 4) is 0 Å². The van der Waals surface area contributed by atoms with Gasteiger partial charge in [-0.15, -0.1) is 0 Å². The number of thioether (sulfide) groups is 1. The molecule has 24 heavy (non-hydrogen) atoms. The minimum Gasteiger partial charge on any atom is -0.314 e. The van der Waals surface area contributed by atoms with Gasteiger partial charge in [0.05, 0.1) is 0 Å². The van der Waals surface area contributed by atoms with Gasteiger partial charge in [-0.05, 0) is 23.8 Å². The van der Waals surface area contributed by atoms with E-state index in [4.69, 9.17) is 4.99 Å². The second-order valence-corrected chi connectivity index (χ2v) is 7.05. The Hall–Kier alpha value is -2.18. The first-order valence-electron chi connectivity index (χ1n) is 7.98. The molecule has 0 spiro atoms. The van der Waals surface area contributed by atoms with Gasteiger partial charge in [0.25, 0.3) is 5.91 Å². The van der Waals surface area contributed by atoms with Crippen molar-refractivity contribution in [2.24, 2.45) is 10.9 Å². The Balaban J connectivity index is 1.64. The number of amides is 1. The third-order valence-corrected chi connectivity index (χ3v) is 5.64. The largest absolute Gasteiger partial charge is 0.314 e. The molecule has 0 unspecified atom stereocenters. The molecule has 1 aromatic carbocycles. The lowest BCUT2D eigenvalue weighted by molar-refractivity contribution is 0.0977. The molecule has 0 saturated carbocycles. The minimum absolute atomic E-state index is 0.118. The van der Waals surface area contributed by atoms with Crippen molar-refractivity contribution >= 4 is 22.8 Å². The van der Waals surface area contributed by atoms with Crippen molar-refractivity contribution in [3.05, 3.63) is 66.0 Å². The number of carbonyl (C=O) groups excluding carboxylic acids is 1. The molecule has 2 aliphatic rings. The molecule has 2 atom stereocenters. The molecule has 3 heterocycles. The summed E-state index contributed by atoms with van der Waals surface area (Å²) in [6.07, 6.45) is 3.66. The van der Waals surface area contributed by atoms with Crippen LogP contribution < -0.4 is 10.6 Å². The van der Waals surface area contributed by atoms with Gasteiger partial charge in [-0.1, -0.05) is 36.0 Å². The van der Waals surface area contributed by atoms with Crippen LogP contribution in [0, 0.1) is 5.92 Å². The lowest BCUT2D eigenvalue weighted by atomic mass is 9.83. The summed E-state index contributed by atoms with van der Waals surface area (Å²) in [5.74, 6) is 1.21. The molecule has 1 amide bonds. The SMILES string of the molecule is O=C(NC1=N[C@@]2(c3cccnc3)CNC[C@H]2CS1)c1ccccc1. The zero-order valence-electron chi connectivity index (χ0n) is 13.1. The summed E-state index contributed by atoms with van der Waals surface area (Å²) in [7, 11) is 0. The van der Waals surface area contributed by atoms with Crippen molar-refractivity contribution in [2.75, 3.05) is 18.8 Å². The zero-order chi connectivity index (χ0) is 16.4. The Labute approximate surface area is 145 Å². The van der Waals surface area contributed by atoms with Crippen molar-refractivity contribution < 1.29 is 4.79 Å². The van der Waals surface area contributed by atoms with Crippen LogP contribution in [0.2, 0.25) is 0 Å². The van der Waals surface area contributed by atoms with Gasteiger partial charge in [0.15, 0.2) is 5.17 Å². The third kappa shape index (κ3) is 2.72. The Morgan fingerprint density at radius 3 is 2.92 bits per heavy atom. The molecule has 2 aromatic rings. The van der Waals surface area contributed by atoms with E-state index in [1.807, 2.05) is 30.5 Å². The maximum absolute atomic E-state index is 12.4. The fourth-order valence-electron chi connectivity index (χ4n) is 3.31. The Bertz CT molecular complexity index is 765. The number of hydrogen-bond donors (Lipinski definition) is 2. The number of amidine groups is 1. The van der Waals surface area contributed by atoms with E-state index in [2.05, 4.69) is 21.7 Å². The van der Waals surface area contributed by atoms with E-state index in [0.717, 1.165) is 24.4 Å². The predicted octanol–water partition coefficient (Wildman–Crippen LogP) is 2.03. The van der Waals surface area contributed by atoms with Gasteiger partial charge in [-0.3, -0.25) is 9.78 Å². The van der Waals surface area contributed by atoms with Gasteiger partial charge in [0.2, 0.25) is 0 Å². The lowest BCUT2D eigenvalue weighted by Crippen LogP contribution is -2.42. The zero-order valence-corrected chi connectivity index (χ0v) is 13.9. The standard InChI is InChI=1S/C18H18N4OS/c23-16(13-5-2-1-3-6-13)21-17-22-18(14-7-4-8-19-9-14)12-20-10-15(18)11-24-17/h1-9,15,20H,10-12H2,(H,21,22,23)/t15-,18+/m0/s1. The third-order valence-electron chi connectivity index (χ3n) is 4.60. The number of pyridine rings is 1. The number of carbonyl (C=O) groups is 1. The molecule has 0 radical (unpaired) electrons. The Morgan fingerprint density at radius 1 is 1.25 bits per heavy atom. The number of nitrogens with one attached hydrogen (secondary N) is 2. The van der Waals surface area contributed by atoms with E-state index < -0.39 is 0 Å². The van der Waals surface area contributed by atoms with E-state index in [1.165, 1.54) is 0 Å². The van der Waals surface area contributed by atoms with Gasteiger partial charge in [0, 0.05) is 42.7 Å². The van der Waals surface area contributed by atoms with Crippen LogP contribution in [0.15, 0.2) is 59.9 Å². The Morgan fingerprint density at radius 2 is 2.12 bits per heavy atom. The van der Waals surface area contributed by atoms with E-state index in [-0.39, 0.29) is 11.4 Å². The summed E-state index contributed by atoms with van der Waals surface area (Å²) >= 11 is 1.61. The van der Waals surface area contributed by atoms with Gasteiger partial charge >= 0.3 is 0 Å². The average molecular weight is 338 g/mol. The van der Waals surface area contributed by atoms with Crippen molar-refractivity contribution in [1.29, 1.82) is 0 Å². The van der Waals surface area contributed by atoms with E-state index in [9.17, 15) is 4.79 Å². The fourth-order valence-corrected chi connectivity index (χ4v) is 4.46. The first-order chi connectivity index (χ1) is 11.8. The highest BCUT2D eigenvalue weighted by Crippen LogP contribution is 2.42. The predicted molar refractivity (Wildman–Crippen MR) is 96.1 cm³/mol. The normalized spacial score (nSPS) is 25.7. The number of benzene rings is 1. The van der Waals surface area contributed by atoms with Crippen LogP contribution in [0.25, 0.3) is 0 Å². The van der Waals surface area contributed by atoms with Crippen molar-refractivity contribution in [1.82, 2.24) is 15.6 Å². The maximum atomic E-state index is 12.4. The monoisotopic (exact) mass is 338 g/mol. The number of aromatic nitrogens is 1. The number of fused-ring (bicyclic) bond motifs is 1. The summed E-state index contributed by atoms with van der Waals surface area (Å²) in [6, 6.07) is 13.2. The highest BCUT2D eigenvalue weighted by Gasteiger charge is 2.47. The van der Waals surface area contributed by atoms with E-state index >= 15 is 0 Å². The molecule has 6 heteroatoms. The maximum Gasteiger partial charge on any atom is 0.257 e. The van der Waals surface area contributed by atoms with Gasteiger partial charge in [0.1, 0.15) is 5.54 Å². The summed E-state index contributed by atoms with van der Waals surface area (Å²) in [6.45, 7) is 1.71. The topological polar surface area (TPSA) is 66.4 Å². The second-order valence-electron chi connectivity index (χ2n) is 6.04. The van der Waals surface area contributed by atoms with Crippen LogP contribution in [-0.2, 0) is 5.54 Å². The number of aliphatic imine (C=N–C) groups is 1. The first-order valence-corrected chi connectivity index (χ1v) is 8.97. The van der Waals surface area contributed by atoms with E-state index in [0.29, 0.717) is 16.6 Å². The molecule has 5 nitrogen and oxygen atoms in total. The van der Waals surface area contributed by atoms with Crippen LogP contribution in [0.3, 0.4) is 0 Å². The van der Waals surface area contributed by atoms with Crippen LogP contribution >= 0.6 is 11.8 Å². The average Bonchev–Trinajstić information content (AvgIpc) is 3.07. The van der Waals surface area contributed by atoms with Crippen LogP contribution in [0.4, 0.5) is 0 Å². The van der Waals surface area contributed by atoms with Gasteiger partial charge in [-0.2, -0.15) is 0 Å². The second kappa shape index (κ2) is 6.37. The first kappa shape index (κ1) is 15.4. The molecule has 2 N–H and O–H groups in total. The molecule has 1 saturated heterocycles. The molecule has 1 aromatic heterocycles. The minimum atomic E-state index is -0.335. The Kier molecular flexibility index (Phi) is 4.08. The number of rotatable bonds is 2. The molecule has 1 fully saturated rings. The number of nitrogens with zero attached hydrogens (tertiary/aromatic N) is 2. The van der Waals surface area contributed by atoms with E-state index in [1.54, 1.807) is 30.1 Å². The molecular formula is C18H18N4OS. The molecule has 2 aliphatic heterocycles. The highest BCUT2D eigenvalue weighted by atomic mass is 32.2. The molecule has 122 valence electrons.